The van der Waals surface area contributed by atoms with Gasteiger partial charge in [-0.3, -0.25) is 19.7 Å². The van der Waals surface area contributed by atoms with Gasteiger partial charge < -0.3 is 19.7 Å². The average molecular weight is 456 g/mol. The summed E-state index contributed by atoms with van der Waals surface area (Å²) >= 11 is 0. The van der Waals surface area contributed by atoms with E-state index >= 15 is 0 Å². The third kappa shape index (κ3) is 6.44. The van der Waals surface area contributed by atoms with Crippen molar-refractivity contribution < 1.29 is 24.0 Å². The van der Waals surface area contributed by atoms with Crippen molar-refractivity contribution in [3.63, 3.8) is 0 Å². The van der Waals surface area contributed by atoms with Crippen LogP contribution in [0, 0.1) is 10.1 Å². The van der Waals surface area contributed by atoms with Crippen LogP contribution in [-0.2, 0) is 16.1 Å². The average Bonchev–Trinajstić information content (AvgIpc) is 3.33. The molecule has 0 aromatic heterocycles. The van der Waals surface area contributed by atoms with Gasteiger partial charge in [0.1, 0.15) is 11.8 Å². The van der Waals surface area contributed by atoms with Crippen LogP contribution in [0.15, 0.2) is 48.5 Å². The predicted molar refractivity (Wildman–Crippen MR) is 122 cm³/mol. The molecule has 0 heterocycles. The van der Waals surface area contributed by atoms with Crippen LogP contribution in [0.4, 0.5) is 5.69 Å². The minimum absolute atomic E-state index is 0.0374. The van der Waals surface area contributed by atoms with Gasteiger partial charge in [0, 0.05) is 24.7 Å². The number of carbonyl (C=O) groups is 2. The predicted octanol–water partition coefficient (Wildman–Crippen LogP) is 3.46. The maximum Gasteiger partial charge on any atom is 0.311 e. The van der Waals surface area contributed by atoms with Gasteiger partial charge in [0.2, 0.25) is 11.7 Å². The second-order valence-corrected chi connectivity index (χ2v) is 8.05. The molecular formula is C24H29N3O6. The Kier molecular flexibility index (Phi) is 8.23. The Labute approximate surface area is 192 Å². The van der Waals surface area contributed by atoms with Crippen molar-refractivity contribution in [2.24, 2.45) is 0 Å². The Morgan fingerprint density at radius 3 is 2.52 bits per heavy atom. The first-order valence-electron chi connectivity index (χ1n) is 11.0. The first-order chi connectivity index (χ1) is 15.9. The van der Waals surface area contributed by atoms with Crippen LogP contribution >= 0.6 is 0 Å². The molecule has 1 aliphatic rings. The fourth-order valence-corrected chi connectivity index (χ4v) is 3.88. The number of nitrogens with one attached hydrogen (secondary N) is 1. The second kappa shape index (κ2) is 11.3. The zero-order valence-electron chi connectivity index (χ0n) is 18.9. The van der Waals surface area contributed by atoms with Crippen LogP contribution in [0.1, 0.15) is 38.2 Å². The molecule has 0 radical (unpaired) electrons. The summed E-state index contributed by atoms with van der Waals surface area (Å²) in [5.41, 5.74) is 0.697. The lowest BCUT2D eigenvalue weighted by Gasteiger charge is -2.29. The summed E-state index contributed by atoms with van der Waals surface area (Å²) < 4.78 is 10.6. The summed E-state index contributed by atoms with van der Waals surface area (Å²) in [6.45, 7) is 1.64. The highest BCUT2D eigenvalue weighted by molar-refractivity contribution is 5.88. The van der Waals surface area contributed by atoms with E-state index in [1.54, 1.807) is 6.92 Å². The minimum Gasteiger partial charge on any atom is -0.490 e. The molecule has 1 fully saturated rings. The molecule has 2 aromatic rings. The fourth-order valence-electron chi connectivity index (χ4n) is 3.88. The van der Waals surface area contributed by atoms with Gasteiger partial charge >= 0.3 is 5.69 Å². The molecule has 1 aliphatic carbocycles. The number of nitrogens with zero attached hydrogens (tertiary/aromatic N) is 2. The van der Waals surface area contributed by atoms with Crippen molar-refractivity contribution >= 4 is 17.5 Å². The summed E-state index contributed by atoms with van der Waals surface area (Å²) in [5.74, 6) is -0.266. The van der Waals surface area contributed by atoms with Gasteiger partial charge in [0.25, 0.3) is 5.91 Å². The van der Waals surface area contributed by atoms with Crippen LogP contribution in [0.2, 0.25) is 0 Å². The monoisotopic (exact) mass is 455 g/mol. The van der Waals surface area contributed by atoms with Crippen LogP contribution < -0.4 is 14.8 Å². The Hall–Kier alpha value is -3.62. The van der Waals surface area contributed by atoms with E-state index in [4.69, 9.17) is 9.47 Å². The van der Waals surface area contributed by atoms with E-state index in [2.05, 4.69) is 5.32 Å². The molecule has 1 atom stereocenters. The number of hydrogen-bond acceptors (Lipinski definition) is 6. The van der Waals surface area contributed by atoms with Crippen LogP contribution in [0.25, 0.3) is 0 Å². The van der Waals surface area contributed by atoms with Gasteiger partial charge in [-0.15, -0.1) is 0 Å². The Morgan fingerprint density at radius 2 is 1.88 bits per heavy atom. The minimum atomic E-state index is -0.687. The molecule has 0 spiro atoms. The number of nitro groups is 1. The van der Waals surface area contributed by atoms with E-state index < -0.39 is 11.0 Å². The van der Waals surface area contributed by atoms with Gasteiger partial charge in [-0.1, -0.05) is 43.2 Å². The standard InChI is InChI=1S/C24H29N3O6/c1-17(24(29)25-19-10-6-7-11-19)26(15-18-8-4-3-5-9-18)23(28)16-33-20-12-13-21(27(30)31)22(14-20)32-2/h3-5,8-9,12-14,17,19H,6-7,10-11,15-16H2,1-2H3,(H,25,29)/t17-/m1/s1. The maximum atomic E-state index is 13.1. The van der Waals surface area contributed by atoms with Crippen molar-refractivity contribution in [3.8, 4) is 11.5 Å². The highest BCUT2D eigenvalue weighted by Crippen LogP contribution is 2.30. The zero-order valence-corrected chi connectivity index (χ0v) is 18.9. The third-order valence-electron chi connectivity index (χ3n) is 5.77. The molecule has 2 aromatic carbocycles. The number of hydrogen-bond donors (Lipinski definition) is 1. The van der Waals surface area contributed by atoms with Gasteiger partial charge in [0.05, 0.1) is 12.0 Å². The Balaban J connectivity index is 1.71. The van der Waals surface area contributed by atoms with Crippen molar-refractivity contribution in [1.82, 2.24) is 10.2 Å². The van der Waals surface area contributed by atoms with Crippen molar-refractivity contribution in [2.75, 3.05) is 13.7 Å². The van der Waals surface area contributed by atoms with Gasteiger partial charge in [-0.2, -0.15) is 0 Å². The third-order valence-corrected chi connectivity index (χ3v) is 5.77. The maximum absolute atomic E-state index is 13.1. The normalized spacial score (nSPS) is 14.4. The van der Waals surface area contributed by atoms with E-state index in [1.807, 2.05) is 30.3 Å². The van der Waals surface area contributed by atoms with Crippen molar-refractivity contribution in [1.29, 1.82) is 0 Å². The molecule has 33 heavy (non-hydrogen) atoms. The molecule has 0 bridgehead atoms. The quantitative estimate of drug-likeness (QED) is 0.434. The molecule has 1 N–H and O–H groups in total. The van der Waals surface area contributed by atoms with Gasteiger partial charge in [0.15, 0.2) is 6.61 Å². The highest BCUT2D eigenvalue weighted by atomic mass is 16.6. The number of benzene rings is 2. The summed E-state index contributed by atoms with van der Waals surface area (Å²) in [4.78, 5) is 38.0. The first-order valence-corrected chi connectivity index (χ1v) is 11.0. The van der Waals surface area contributed by atoms with E-state index in [-0.39, 0.29) is 48.2 Å². The number of ether oxygens (including phenoxy) is 2. The zero-order chi connectivity index (χ0) is 23.8. The fraction of sp³-hybridized carbons (Fsp3) is 0.417. The Morgan fingerprint density at radius 1 is 1.18 bits per heavy atom. The van der Waals surface area contributed by atoms with E-state index in [1.165, 1.54) is 30.2 Å². The van der Waals surface area contributed by atoms with E-state index in [0.717, 1.165) is 31.2 Å². The van der Waals surface area contributed by atoms with E-state index in [9.17, 15) is 19.7 Å². The highest BCUT2D eigenvalue weighted by Gasteiger charge is 2.29. The molecule has 0 aliphatic heterocycles. The molecule has 0 saturated heterocycles. The lowest BCUT2D eigenvalue weighted by molar-refractivity contribution is -0.385. The largest absolute Gasteiger partial charge is 0.490 e. The first kappa shape index (κ1) is 24.0. The molecule has 1 saturated carbocycles. The molecule has 176 valence electrons. The topological polar surface area (TPSA) is 111 Å². The molecule has 0 unspecified atom stereocenters. The summed E-state index contributed by atoms with van der Waals surface area (Å²) in [7, 11) is 1.32. The second-order valence-electron chi connectivity index (χ2n) is 8.05. The van der Waals surface area contributed by atoms with Crippen molar-refractivity contribution in [3.05, 3.63) is 64.2 Å². The molecular weight excluding hydrogens is 426 g/mol. The van der Waals surface area contributed by atoms with Crippen LogP contribution in [0.3, 0.4) is 0 Å². The molecule has 3 rings (SSSR count). The lowest BCUT2D eigenvalue weighted by Crippen LogP contribution is -2.50. The number of rotatable bonds is 10. The Bertz CT molecular complexity index is 975. The van der Waals surface area contributed by atoms with Crippen molar-refractivity contribution in [2.45, 2.75) is 51.2 Å². The van der Waals surface area contributed by atoms with Crippen LogP contribution in [-0.4, -0.2) is 47.4 Å². The van der Waals surface area contributed by atoms with E-state index in [0.29, 0.717) is 0 Å². The SMILES string of the molecule is COc1cc(OCC(=O)N(Cc2ccccc2)[C@H](C)C(=O)NC2CCCC2)ccc1[N+](=O)[O-]. The molecule has 9 nitrogen and oxygen atoms in total. The summed E-state index contributed by atoms with van der Waals surface area (Å²) in [6.07, 6.45) is 4.10. The lowest BCUT2D eigenvalue weighted by atomic mass is 10.1. The number of methoxy groups -OCH3 is 1. The van der Waals surface area contributed by atoms with Gasteiger partial charge in [-0.25, -0.2) is 0 Å². The van der Waals surface area contributed by atoms with Crippen LogP contribution in [0.5, 0.6) is 11.5 Å². The molecule has 2 amide bonds. The smallest absolute Gasteiger partial charge is 0.311 e. The number of nitro benzene ring substituents is 1. The number of carbonyl (C=O) groups excluding carboxylic acids is 2. The van der Waals surface area contributed by atoms with Gasteiger partial charge in [-0.05, 0) is 31.4 Å². The summed E-state index contributed by atoms with van der Waals surface area (Å²) in [5, 5.41) is 14.1. The number of amides is 2. The molecule has 9 heteroatoms. The summed E-state index contributed by atoms with van der Waals surface area (Å²) in [6, 6.07) is 12.9.